The molecule has 4 rings (SSSR count). The number of methoxy groups -OCH3 is 1. The molecule has 0 spiro atoms. The standard InChI is InChI=1S/C25H29N3O2/c1-16(14-17(2)29)28-25(18-6-9-20(10-7-18)27(3)4)23-12-8-19-15-21(30-5)11-13-22(19)24(23)26-28/h6-7,9-11,13-15,23,25H,8,12H2,1-5H3/b16-14+/t23-,25+/m1/s1. The van der Waals surface area contributed by atoms with Gasteiger partial charge >= 0.3 is 0 Å². The summed E-state index contributed by atoms with van der Waals surface area (Å²) in [6, 6.07) is 15.0. The van der Waals surface area contributed by atoms with E-state index in [0.29, 0.717) is 0 Å². The second-order valence-corrected chi connectivity index (χ2v) is 8.33. The van der Waals surface area contributed by atoms with Crippen LogP contribution in [0.3, 0.4) is 0 Å². The SMILES string of the molecule is COc1ccc2c(c1)CC[C@@H]1C2=NN(/C(C)=C/C(C)=O)[C@H]1c1ccc(N(C)C)cc1. The Morgan fingerprint density at radius 1 is 1.17 bits per heavy atom. The van der Waals surface area contributed by atoms with Gasteiger partial charge in [0.2, 0.25) is 0 Å². The first-order chi connectivity index (χ1) is 14.4. The first kappa shape index (κ1) is 20.2. The van der Waals surface area contributed by atoms with Crippen LogP contribution in [0.5, 0.6) is 5.75 Å². The quantitative estimate of drug-likeness (QED) is 0.686. The van der Waals surface area contributed by atoms with Crippen LogP contribution in [0.15, 0.2) is 59.3 Å². The molecular formula is C25H29N3O2. The van der Waals surface area contributed by atoms with Crippen LogP contribution >= 0.6 is 0 Å². The summed E-state index contributed by atoms with van der Waals surface area (Å²) in [5.74, 6) is 1.20. The van der Waals surface area contributed by atoms with Gasteiger partial charge in [0.1, 0.15) is 5.75 Å². The van der Waals surface area contributed by atoms with E-state index in [1.807, 2.05) is 32.1 Å². The van der Waals surface area contributed by atoms with Crippen molar-refractivity contribution in [2.24, 2.45) is 11.0 Å². The fourth-order valence-corrected chi connectivity index (χ4v) is 4.59. The third-order valence-electron chi connectivity index (χ3n) is 6.05. The number of allylic oxidation sites excluding steroid dienone is 2. The minimum absolute atomic E-state index is 0.0365. The van der Waals surface area contributed by atoms with E-state index in [2.05, 4.69) is 41.3 Å². The monoisotopic (exact) mass is 403 g/mol. The molecule has 0 unspecified atom stereocenters. The molecule has 0 radical (unpaired) electrons. The summed E-state index contributed by atoms with van der Waals surface area (Å²) in [6.07, 6.45) is 3.69. The molecule has 2 atom stereocenters. The maximum Gasteiger partial charge on any atom is 0.154 e. The highest BCUT2D eigenvalue weighted by molar-refractivity contribution is 6.06. The smallest absolute Gasteiger partial charge is 0.154 e. The van der Waals surface area contributed by atoms with E-state index >= 15 is 0 Å². The van der Waals surface area contributed by atoms with Gasteiger partial charge in [0, 0.05) is 43.0 Å². The number of hydrogen-bond acceptors (Lipinski definition) is 5. The zero-order chi connectivity index (χ0) is 21.4. The number of benzene rings is 2. The predicted octanol–water partition coefficient (Wildman–Crippen LogP) is 4.58. The van der Waals surface area contributed by atoms with Gasteiger partial charge in [-0.25, -0.2) is 0 Å². The van der Waals surface area contributed by atoms with Crippen LogP contribution in [-0.2, 0) is 11.2 Å². The molecule has 1 aliphatic heterocycles. The lowest BCUT2D eigenvalue weighted by Crippen LogP contribution is -2.28. The number of ether oxygens (including phenoxy) is 1. The number of ketones is 1. The van der Waals surface area contributed by atoms with Gasteiger partial charge in [0.25, 0.3) is 0 Å². The molecule has 1 heterocycles. The Labute approximate surface area is 178 Å². The number of hydrogen-bond donors (Lipinski definition) is 0. The average Bonchev–Trinajstić information content (AvgIpc) is 3.13. The Hall–Kier alpha value is -3.08. The highest BCUT2D eigenvalue weighted by Gasteiger charge is 2.42. The van der Waals surface area contributed by atoms with Crippen molar-refractivity contribution in [2.75, 3.05) is 26.1 Å². The minimum atomic E-state index is 0.0365. The van der Waals surface area contributed by atoms with Crippen LogP contribution in [0.2, 0.25) is 0 Å². The molecule has 0 fully saturated rings. The molecule has 156 valence electrons. The Morgan fingerprint density at radius 2 is 1.90 bits per heavy atom. The van der Waals surface area contributed by atoms with Crippen molar-refractivity contribution in [1.82, 2.24) is 5.01 Å². The largest absolute Gasteiger partial charge is 0.497 e. The fraction of sp³-hybridized carbons (Fsp3) is 0.360. The van der Waals surface area contributed by atoms with Crippen molar-refractivity contribution in [3.63, 3.8) is 0 Å². The molecule has 1 aliphatic carbocycles. The zero-order valence-corrected chi connectivity index (χ0v) is 18.3. The molecule has 5 heteroatoms. The third-order valence-corrected chi connectivity index (χ3v) is 6.05. The number of hydrazone groups is 1. The van der Waals surface area contributed by atoms with E-state index in [1.165, 1.54) is 22.4 Å². The summed E-state index contributed by atoms with van der Waals surface area (Å²) >= 11 is 0. The normalized spacial score (nSPS) is 20.4. The number of rotatable bonds is 5. The average molecular weight is 404 g/mol. The van der Waals surface area contributed by atoms with Gasteiger partial charge in [-0.1, -0.05) is 12.1 Å². The van der Waals surface area contributed by atoms with Gasteiger partial charge in [-0.05, 0) is 68.1 Å². The molecule has 0 bridgehead atoms. The van der Waals surface area contributed by atoms with Crippen molar-refractivity contribution in [1.29, 1.82) is 0 Å². The molecule has 30 heavy (non-hydrogen) atoms. The number of carbonyl (C=O) groups is 1. The minimum Gasteiger partial charge on any atom is -0.497 e. The molecular weight excluding hydrogens is 374 g/mol. The number of aryl methyl sites for hydroxylation is 1. The molecule has 0 amide bonds. The van der Waals surface area contributed by atoms with Crippen LogP contribution in [-0.4, -0.2) is 37.7 Å². The van der Waals surface area contributed by atoms with Crippen LogP contribution < -0.4 is 9.64 Å². The Balaban J connectivity index is 1.78. The molecule has 2 aliphatic rings. The zero-order valence-electron chi connectivity index (χ0n) is 18.3. The molecule has 0 aromatic heterocycles. The van der Waals surface area contributed by atoms with Crippen LogP contribution in [0.1, 0.15) is 43.0 Å². The van der Waals surface area contributed by atoms with Gasteiger partial charge in [-0.15, -0.1) is 0 Å². The molecule has 2 aromatic carbocycles. The van der Waals surface area contributed by atoms with E-state index in [4.69, 9.17) is 9.84 Å². The van der Waals surface area contributed by atoms with E-state index in [-0.39, 0.29) is 17.7 Å². The summed E-state index contributed by atoms with van der Waals surface area (Å²) in [6.45, 7) is 3.56. The molecule has 5 nitrogen and oxygen atoms in total. The molecule has 0 N–H and O–H groups in total. The topological polar surface area (TPSA) is 45.1 Å². The molecule has 0 saturated carbocycles. The number of anilines is 1. The predicted molar refractivity (Wildman–Crippen MR) is 121 cm³/mol. The van der Waals surface area contributed by atoms with Crippen LogP contribution in [0.25, 0.3) is 0 Å². The number of fused-ring (bicyclic) bond motifs is 3. The Morgan fingerprint density at radius 3 is 2.53 bits per heavy atom. The second-order valence-electron chi connectivity index (χ2n) is 8.33. The third kappa shape index (κ3) is 3.60. The van der Waals surface area contributed by atoms with E-state index in [1.54, 1.807) is 20.1 Å². The van der Waals surface area contributed by atoms with Gasteiger partial charge in [0.15, 0.2) is 5.78 Å². The van der Waals surface area contributed by atoms with Crippen LogP contribution in [0, 0.1) is 5.92 Å². The molecule has 0 saturated heterocycles. The highest BCUT2D eigenvalue weighted by Crippen LogP contribution is 2.45. The van der Waals surface area contributed by atoms with E-state index < -0.39 is 0 Å². The van der Waals surface area contributed by atoms with Crippen molar-refractivity contribution >= 4 is 17.2 Å². The van der Waals surface area contributed by atoms with Crippen molar-refractivity contribution < 1.29 is 9.53 Å². The number of nitrogens with zero attached hydrogens (tertiary/aromatic N) is 3. The van der Waals surface area contributed by atoms with Crippen molar-refractivity contribution in [3.05, 3.63) is 70.9 Å². The van der Waals surface area contributed by atoms with E-state index in [0.717, 1.165) is 30.0 Å². The van der Waals surface area contributed by atoms with Crippen molar-refractivity contribution in [2.45, 2.75) is 32.7 Å². The number of carbonyl (C=O) groups excluding carboxylic acids is 1. The lowest BCUT2D eigenvalue weighted by molar-refractivity contribution is -0.112. The molecule has 2 aromatic rings. The second kappa shape index (κ2) is 7.98. The summed E-state index contributed by atoms with van der Waals surface area (Å²) < 4.78 is 5.41. The van der Waals surface area contributed by atoms with Gasteiger partial charge < -0.3 is 9.64 Å². The maximum atomic E-state index is 11.8. The fourth-order valence-electron chi connectivity index (χ4n) is 4.59. The van der Waals surface area contributed by atoms with E-state index in [9.17, 15) is 4.79 Å². The first-order valence-electron chi connectivity index (χ1n) is 10.4. The Bertz CT molecular complexity index is 1020. The van der Waals surface area contributed by atoms with Crippen LogP contribution in [0.4, 0.5) is 5.69 Å². The van der Waals surface area contributed by atoms with Gasteiger partial charge in [-0.3, -0.25) is 9.80 Å². The first-order valence-corrected chi connectivity index (χ1v) is 10.4. The Kier molecular flexibility index (Phi) is 5.37. The highest BCUT2D eigenvalue weighted by atomic mass is 16.5. The summed E-state index contributed by atoms with van der Waals surface area (Å²) in [5, 5.41) is 7.10. The lowest BCUT2D eigenvalue weighted by Gasteiger charge is -2.31. The van der Waals surface area contributed by atoms with Crippen molar-refractivity contribution in [3.8, 4) is 5.75 Å². The lowest BCUT2D eigenvalue weighted by atomic mass is 9.77. The maximum absolute atomic E-state index is 11.8. The van der Waals surface area contributed by atoms with Gasteiger partial charge in [-0.2, -0.15) is 5.10 Å². The van der Waals surface area contributed by atoms with Gasteiger partial charge in [0.05, 0.1) is 18.9 Å². The summed E-state index contributed by atoms with van der Waals surface area (Å²) in [5.41, 5.74) is 6.85. The summed E-state index contributed by atoms with van der Waals surface area (Å²) in [4.78, 5) is 13.9. The summed E-state index contributed by atoms with van der Waals surface area (Å²) in [7, 11) is 5.79.